The first-order valence-corrected chi connectivity index (χ1v) is 10.8. The number of guanidine groups is 1. The molecule has 0 aliphatic rings. The van der Waals surface area contributed by atoms with Gasteiger partial charge in [-0.15, -0.1) is 24.0 Å². The Balaban J connectivity index is 0.00000385. The SMILES string of the molecule is CCNC(=NCc1coc(-c2ccc(C)cc2)n1)NCC(c1ccccc1OC)N(C)C.I. The van der Waals surface area contributed by atoms with Gasteiger partial charge in [0.1, 0.15) is 17.7 Å². The zero-order chi connectivity index (χ0) is 22.9. The molecule has 178 valence electrons. The zero-order valence-corrected chi connectivity index (χ0v) is 22.3. The van der Waals surface area contributed by atoms with Crippen molar-refractivity contribution in [3.05, 3.63) is 71.6 Å². The topological polar surface area (TPSA) is 74.9 Å². The highest BCUT2D eigenvalue weighted by Crippen LogP contribution is 2.27. The summed E-state index contributed by atoms with van der Waals surface area (Å²) in [7, 11) is 5.82. The summed E-state index contributed by atoms with van der Waals surface area (Å²) in [6, 6.07) is 16.3. The van der Waals surface area contributed by atoms with Crippen molar-refractivity contribution in [1.82, 2.24) is 20.5 Å². The van der Waals surface area contributed by atoms with Gasteiger partial charge in [-0.3, -0.25) is 0 Å². The molecule has 0 aliphatic carbocycles. The predicted molar refractivity (Wildman–Crippen MR) is 144 cm³/mol. The third kappa shape index (κ3) is 7.46. The molecule has 33 heavy (non-hydrogen) atoms. The van der Waals surface area contributed by atoms with E-state index < -0.39 is 0 Å². The minimum absolute atomic E-state index is 0. The molecule has 0 spiro atoms. The summed E-state index contributed by atoms with van der Waals surface area (Å²) in [4.78, 5) is 11.4. The maximum Gasteiger partial charge on any atom is 0.226 e. The maximum absolute atomic E-state index is 5.65. The van der Waals surface area contributed by atoms with Crippen LogP contribution in [0, 0.1) is 6.92 Å². The molecule has 8 heteroatoms. The van der Waals surface area contributed by atoms with E-state index in [1.54, 1.807) is 13.4 Å². The second-order valence-corrected chi connectivity index (χ2v) is 7.81. The monoisotopic (exact) mass is 563 g/mol. The van der Waals surface area contributed by atoms with Crippen LogP contribution in [0.25, 0.3) is 11.5 Å². The summed E-state index contributed by atoms with van der Waals surface area (Å²) in [6.45, 7) is 5.97. The molecule has 7 nitrogen and oxygen atoms in total. The minimum Gasteiger partial charge on any atom is -0.496 e. The standard InChI is InChI=1S/C25H33N5O2.HI/c1-6-26-25(28-16-22(30(3)4)21-9-7-8-10-23(21)31-5)27-15-20-17-32-24(29-20)19-13-11-18(2)12-14-19;/h7-14,17,22H,6,15-16H2,1-5H3,(H2,26,27,28);1H. The Bertz CT molecular complexity index is 1020. The van der Waals surface area contributed by atoms with Gasteiger partial charge in [0, 0.05) is 24.2 Å². The number of oxazole rings is 1. The fourth-order valence-corrected chi connectivity index (χ4v) is 3.42. The number of likely N-dealkylation sites (N-methyl/N-ethyl adjacent to an activating group) is 1. The van der Waals surface area contributed by atoms with Crippen LogP contribution in [0.2, 0.25) is 0 Å². The largest absolute Gasteiger partial charge is 0.496 e. The van der Waals surface area contributed by atoms with Crippen molar-refractivity contribution in [1.29, 1.82) is 0 Å². The molecule has 1 heterocycles. The van der Waals surface area contributed by atoms with Gasteiger partial charge in [0.25, 0.3) is 0 Å². The summed E-state index contributed by atoms with van der Waals surface area (Å²) >= 11 is 0. The smallest absolute Gasteiger partial charge is 0.226 e. The molecule has 0 bridgehead atoms. The van der Waals surface area contributed by atoms with Crippen LogP contribution in [0.3, 0.4) is 0 Å². The Hall–Kier alpha value is -2.59. The molecular weight excluding hydrogens is 529 g/mol. The van der Waals surface area contributed by atoms with E-state index in [2.05, 4.69) is 47.6 Å². The van der Waals surface area contributed by atoms with Crippen LogP contribution >= 0.6 is 24.0 Å². The van der Waals surface area contributed by atoms with Crippen molar-refractivity contribution >= 4 is 29.9 Å². The Morgan fingerprint density at radius 1 is 1.12 bits per heavy atom. The van der Waals surface area contributed by atoms with Gasteiger partial charge in [-0.25, -0.2) is 9.98 Å². The number of ether oxygens (including phenoxy) is 1. The van der Waals surface area contributed by atoms with E-state index in [4.69, 9.17) is 14.1 Å². The first-order valence-electron chi connectivity index (χ1n) is 10.8. The lowest BCUT2D eigenvalue weighted by atomic mass is 10.0. The van der Waals surface area contributed by atoms with E-state index in [0.29, 0.717) is 19.0 Å². The van der Waals surface area contributed by atoms with Gasteiger partial charge < -0.3 is 24.7 Å². The molecule has 2 aromatic carbocycles. The van der Waals surface area contributed by atoms with Crippen LogP contribution < -0.4 is 15.4 Å². The molecule has 0 fully saturated rings. The van der Waals surface area contributed by atoms with Gasteiger partial charge in [-0.1, -0.05) is 35.9 Å². The number of methoxy groups -OCH3 is 1. The first kappa shape index (κ1) is 26.7. The number of nitrogens with one attached hydrogen (secondary N) is 2. The highest BCUT2D eigenvalue weighted by atomic mass is 127. The molecule has 0 radical (unpaired) electrons. The molecule has 1 aromatic heterocycles. The van der Waals surface area contributed by atoms with E-state index in [9.17, 15) is 0 Å². The number of halogens is 1. The predicted octanol–water partition coefficient (Wildman–Crippen LogP) is 4.63. The van der Waals surface area contributed by atoms with E-state index >= 15 is 0 Å². The summed E-state index contributed by atoms with van der Waals surface area (Å²) < 4.78 is 11.2. The molecule has 1 atom stereocenters. The number of para-hydroxylation sites is 1. The number of aliphatic imine (C=N–C) groups is 1. The van der Waals surface area contributed by atoms with E-state index in [1.165, 1.54) is 5.56 Å². The van der Waals surface area contributed by atoms with Gasteiger partial charge in [0.15, 0.2) is 5.96 Å². The Labute approximate surface area is 213 Å². The van der Waals surface area contributed by atoms with Gasteiger partial charge in [-0.05, 0) is 46.1 Å². The molecule has 0 saturated heterocycles. The fourth-order valence-electron chi connectivity index (χ4n) is 3.42. The highest BCUT2D eigenvalue weighted by molar-refractivity contribution is 14.0. The average Bonchev–Trinajstić information content (AvgIpc) is 3.27. The Morgan fingerprint density at radius 2 is 1.85 bits per heavy atom. The third-order valence-corrected chi connectivity index (χ3v) is 5.18. The second-order valence-electron chi connectivity index (χ2n) is 7.81. The van der Waals surface area contributed by atoms with Crippen LogP contribution in [-0.2, 0) is 6.54 Å². The van der Waals surface area contributed by atoms with E-state index in [0.717, 1.165) is 35.1 Å². The highest BCUT2D eigenvalue weighted by Gasteiger charge is 2.18. The number of hydrogen-bond donors (Lipinski definition) is 2. The molecule has 1 unspecified atom stereocenters. The van der Waals surface area contributed by atoms with Crippen LogP contribution in [0.1, 0.15) is 29.8 Å². The normalized spacial score (nSPS) is 12.2. The summed E-state index contributed by atoms with van der Waals surface area (Å²) in [5.74, 6) is 2.22. The lowest BCUT2D eigenvalue weighted by Gasteiger charge is -2.27. The average molecular weight is 563 g/mol. The van der Waals surface area contributed by atoms with Crippen molar-refractivity contribution in [3.8, 4) is 17.2 Å². The van der Waals surface area contributed by atoms with Crippen LogP contribution in [-0.4, -0.2) is 50.1 Å². The fraction of sp³-hybridized carbons (Fsp3) is 0.360. The van der Waals surface area contributed by atoms with Gasteiger partial charge >= 0.3 is 0 Å². The van der Waals surface area contributed by atoms with Gasteiger partial charge in [0.2, 0.25) is 5.89 Å². The number of aryl methyl sites for hydroxylation is 1. The zero-order valence-electron chi connectivity index (χ0n) is 20.0. The lowest BCUT2D eigenvalue weighted by molar-refractivity contribution is 0.287. The van der Waals surface area contributed by atoms with Crippen molar-refractivity contribution in [2.75, 3.05) is 34.3 Å². The van der Waals surface area contributed by atoms with Gasteiger partial charge in [0.05, 0.1) is 19.7 Å². The Kier molecular flexibility index (Phi) is 10.7. The first-order chi connectivity index (χ1) is 15.5. The molecule has 0 saturated carbocycles. The van der Waals surface area contributed by atoms with E-state index in [1.807, 2.05) is 49.4 Å². The number of hydrogen-bond acceptors (Lipinski definition) is 5. The van der Waals surface area contributed by atoms with Crippen molar-refractivity contribution in [2.45, 2.75) is 26.4 Å². The van der Waals surface area contributed by atoms with Gasteiger partial charge in [-0.2, -0.15) is 0 Å². The second kappa shape index (κ2) is 13.2. The lowest BCUT2D eigenvalue weighted by Crippen LogP contribution is -2.41. The Morgan fingerprint density at radius 3 is 2.52 bits per heavy atom. The number of rotatable bonds is 9. The van der Waals surface area contributed by atoms with Crippen molar-refractivity contribution in [2.24, 2.45) is 4.99 Å². The van der Waals surface area contributed by atoms with Crippen LogP contribution in [0.15, 0.2) is 64.2 Å². The molecule has 0 aliphatic heterocycles. The number of aromatic nitrogens is 1. The third-order valence-electron chi connectivity index (χ3n) is 5.18. The molecule has 3 aromatic rings. The molecular formula is C25H34IN5O2. The summed E-state index contributed by atoms with van der Waals surface area (Å²) in [5, 5.41) is 6.75. The quantitative estimate of drug-likeness (QED) is 0.225. The van der Waals surface area contributed by atoms with Crippen LogP contribution in [0.4, 0.5) is 0 Å². The minimum atomic E-state index is 0. The number of benzene rings is 2. The molecule has 0 amide bonds. The maximum atomic E-state index is 5.65. The summed E-state index contributed by atoms with van der Waals surface area (Å²) in [5.41, 5.74) is 4.08. The molecule has 3 rings (SSSR count). The van der Waals surface area contributed by atoms with E-state index in [-0.39, 0.29) is 30.0 Å². The van der Waals surface area contributed by atoms with Crippen molar-refractivity contribution < 1.29 is 9.15 Å². The number of nitrogens with zero attached hydrogens (tertiary/aromatic N) is 3. The summed E-state index contributed by atoms with van der Waals surface area (Å²) in [6.07, 6.45) is 1.67. The molecule has 2 N–H and O–H groups in total. The van der Waals surface area contributed by atoms with Crippen LogP contribution in [0.5, 0.6) is 5.75 Å². The van der Waals surface area contributed by atoms with Crippen molar-refractivity contribution in [3.63, 3.8) is 0 Å².